The van der Waals surface area contributed by atoms with Crippen LogP contribution in [0, 0.1) is 0 Å². The van der Waals surface area contributed by atoms with Crippen molar-refractivity contribution in [2.75, 3.05) is 12.3 Å². The fourth-order valence-electron chi connectivity index (χ4n) is 1.39. The summed E-state index contributed by atoms with van der Waals surface area (Å²) < 4.78 is 5.55. The zero-order chi connectivity index (χ0) is 11.5. The zero-order valence-corrected chi connectivity index (χ0v) is 9.05. The van der Waals surface area contributed by atoms with Gasteiger partial charge in [0.2, 0.25) is 0 Å². The molecule has 1 atom stereocenters. The van der Waals surface area contributed by atoms with E-state index in [0.717, 1.165) is 10.9 Å². The fraction of sp³-hybridized carbons (Fsp3) is 0.273. The monoisotopic (exact) mass is 218 g/mol. The van der Waals surface area contributed by atoms with Gasteiger partial charge in [0.25, 0.3) is 0 Å². The standard InChI is InChI=1S/C11H14N4O/c1-7(12)6-16-11-5-14-15-10-3-2-8(13)4-9(10)11/h2-5,7H,6,12-13H2,1H3/t7-/m1/s1. The van der Waals surface area contributed by atoms with Gasteiger partial charge in [0.05, 0.1) is 11.7 Å². The van der Waals surface area contributed by atoms with E-state index in [1.54, 1.807) is 12.3 Å². The summed E-state index contributed by atoms with van der Waals surface area (Å²) in [5.41, 5.74) is 12.8. The van der Waals surface area contributed by atoms with E-state index in [9.17, 15) is 0 Å². The van der Waals surface area contributed by atoms with Crippen LogP contribution in [0.15, 0.2) is 24.4 Å². The molecule has 0 aliphatic rings. The number of fused-ring (bicyclic) bond motifs is 1. The first-order valence-electron chi connectivity index (χ1n) is 5.06. The summed E-state index contributed by atoms with van der Waals surface area (Å²) in [5, 5.41) is 8.71. The number of ether oxygens (including phenoxy) is 1. The van der Waals surface area contributed by atoms with Crippen LogP contribution in [0.1, 0.15) is 6.92 Å². The maximum Gasteiger partial charge on any atom is 0.149 e. The molecule has 2 aromatic rings. The van der Waals surface area contributed by atoms with Crippen LogP contribution >= 0.6 is 0 Å². The van der Waals surface area contributed by atoms with Crippen molar-refractivity contribution in [1.29, 1.82) is 0 Å². The fourth-order valence-corrected chi connectivity index (χ4v) is 1.39. The summed E-state index contributed by atoms with van der Waals surface area (Å²) in [4.78, 5) is 0. The summed E-state index contributed by atoms with van der Waals surface area (Å²) in [6.45, 7) is 2.32. The molecule has 0 unspecified atom stereocenters. The Morgan fingerprint density at radius 3 is 3.00 bits per heavy atom. The van der Waals surface area contributed by atoms with Gasteiger partial charge in [0.15, 0.2) is 0 Å². The number of nitrogens with zero attached hydrogens (tertiary/aromatic N) is 2. The Labute approximate surface area is 93.4 Å². The number of hydrogen-bond acceptors (Lipinski definition) is 5. The van der Waals surface area contributed by atoms with Crippen molar-refractivity contribution in [1.82, 2.24) is 10.2 Å². The molecule has 1 aromatic heterocycles. The van der Waals surface area contributed by atoms with E-state index >= 15 is 0 Å². The summed E-state index contributed by atoms with van der Waals surface area (Å²) in [6, 6.07) is 5.40. The molecule has 0 aliphatic heterocycles. The topological polar surface area (TPSA) is 87.0 Å². The number of hydrogen-bond donors (Lipinski definition) is 2. The van der Waals surface area contributed by atoms with Gasteiger partial charge in [-0.05, 0) is 25.1 Å². The third kappa shape index (κ3) is 2.20. The molecule has 0 spiro atoms. The predicted molar refractivity (Wildman–Crippen MR) is 63.1 cm³/mol. The molecular weight excluding hydrogens is 204 g/mol. The van der Waals surface area contributed by atoms with Crippen LogP contribution in [-0.4, -0.2) is 22.8 Å². The number of anilines is 1. The van der Waals surface area contributed by atoms with Crippen molar-refractivity contribution < 1.29 is 4.74 Å². The Morgan fingerprint density at radius 1 is 1.44 bits per heavy atom. The van der Waals surface area contributed by atoms with Gasteiger partial charge in [0.1, 0.15) is 12.4 Å². The molecular formula is C11H14N4O. The second-order valence-corrected chi connectivity index (χ2v) is 3.77. The molecule has 1 heterocycles. The minimum Gasteiger partial charge on any atom is -0.490 e. The maximum atomic E-state index is 5.72. The van der Waals surface area contributed by atoms with Crippen LogP contribution in [0.25, 0.3) is 10.9 Å². The van der Waals surface area contributed by atoms with E-state index < -0.39 is 0 Å². The molecule has 5 nitrogen and oxygen atoms in total. The quantitative estimate of drug-likeness (QED) is 0.748. The molecule has 2 rings (SSSR count). The lowest BCUT2D eigenvalue weighted by molar-refractivity contribution is 0.298. The molecule has 0 radical (unpaired) electrons. The second-order valence-electron chi connectivity index (χ2n) is 3.77. The van der Waals surface area contributed by atoms with Crippen LogP contribution in [0.5, 0.6) is 5.75 Å². The molecule has 0 amide bonds. The number of rotatable bonds is 3. The van der Waals surface area contributed by atoms with Crippen LogP contribution in [0.2, 0.25) is 0 Å². The van der Waals surface area contributed by atoms with E-state index in [0.29, 0.717) is 18.0 Å². The SMILES string of the molecule is C[C@@H](N)COc1cnnc2ccc(N)cc12. The number of benzene rings is 1. The van der Waals surface area contributed by atoms with Crippen LogP contribution in [-0.2, 0) is 0 Å². The van der Waals surface area contributed by atoms with E-state index in [1.165, 1.54) is 0 Å². The van der Waals surface area contributed by atoms with Gasteiger partial charge in [-0.3, -0.25) is 0 Å². The number of nitrogens with two attached hydrogens (primary N) is 2. The van der Waals surface area contributed by atoms with Gasteiger partial charge in [0, 0.05) is 17.1 Å². The number of nitrogen functional groups attached to an aromatic ring is 1. The van der Waals surface area contributed by atoms with Gasteiger partial charge < -0.3 is 16.2 Å². The van der Waals surface area contributed by atoms with Crippen molar-refractivity contribution in [3.05, 3.63) is 24.4 Å². The summed E-state index contributed by atoms with van der Waals surface area (Å²) in [5.74, 6) is 0.662. The highest BCUT2D eigenvalue weighted by Crippen LogP contribution is 2.24. The average molecular weight is 218 g/mol. The Bertz CT molecular complexity index is 498. The van der Waals surface area contributed by atoms with Crippen LogP contribution < -0.4 is 16.2 Å². The van der Waals surface area contributed by atoms with Gasteiger partial charge >= 0.3 is 0 Å². The molecule has 1 aromatic carbocycles. The highest BCUT2D eigenvalue weighted by Gasteiger charge is 2.05. The lowest BCUT2D eigenvalue weighted by Crippen LogP contribution is -2.23. The van der Waals surface area contributed by atoms with E-state index in [1.807, 2.05) is 19.1 Å². The van der Waals surface area contributed by atoms with Gasteiger partial charge in [-0.1, -0.05) is 0 Å². The van der Waals surface area contributed by atoms with Crippen molar-refractivity contribution in [2.45, 2.75) is 13.0 Å². The lowest BCUT2D eigenvalue weighted by atomic mass is 10.2. The largest absolute Gasteiger partial charge is 0.490 e. The molecule has 0 saturated heterocycles. The van der Waals surface area contributed by atoms with E-state index in [2.05, 4.69) is 10.2 Å². The third-order valence-corrected chi connectivity index (χ3v) is 2.13. The van der Waals surface area contributed by atoms with Crippen LogP contribution in [0.4, 0.5) is 5.69 Å². The van der Waals surface area contributed by atoms with Crippen molar-refractivity contribution in [2.24, 2.45) is 5.73 Å². The minimum absolute atomic E-state index is 0.0238. The highest BCUT2D eigenvalue weighted by atomic mass is 16.5. The Kier molecular flexibility index (Phi) is 2.87. The number of aromatic nitrogens is 2. The predicted octanol–water partition coefficient (Wildman–Crippen LogP) is 0.938. The first-order valence-corrected chi connectivity index (χ1v) is 5.06. The molecule has 4 N–H and O–H groups in total. The Morgan fingerprint density at radius 2 is 2.25 bits per heavy atom. The van der Waals surface area contributed by atoms with Crippen molar-refractivity contribution in [3.63, 3.8) is 0 Å². The highest BCUT2D eigenvalue weighted by molar-refractivity contribution is 5.86. The molecule has 84 valence electrons. The first-order chi connectivity index (χ1) is 7.66. The summed E-state index contributed by atoms with van der Waals surface area (Å²) in [6.07, 6.45) is 1.57. The van der Waals surface area contributed by atoms with Crippen LogP contribution in [0.3, 0.4) is 0 Å². The van der Waals surface area contributed by atoms with Crippen molar-refractivity contribution in [3.8, 4) is 5.75 Å². The summed E-state index contributed by atoms with van der Waals surface area (Å²) >= 11 is 0. The lowest BCUT2D eigenvalue weighted by Gasteiger charge is -2.10. The first kappa shape index (κ1) is 10.6. The van der Waals surface area contributed by atoms with E-state index in [-0.39, 0.29) is 6.04 Å². The van der Waals surface area contributed by atoms with Gasteiger partial charge in [-0.25, -0.2) is 0 Å². The minimum atomic E-state index is -0.0238. The van der Waals surface area contributed by atoms with E-state index in [4.69, 9.17) is 16.2 Å². The molecule has 16 heavy (non-hydrogen) atoms. The molecule has 0 aliphatic carbocycles. The Balaban J connectivity index is 2.40. The summed E-state index contributed by atoms with van der Waals surface area (Å²) in [7, 11) is 0. The van der Waals surface area contributed by atoms with Crippen molar-refractivity contribution >= 4 is 16.6 Å². The smallest absolute Gasteiger partial charge is 0.149 e. The zero-order valence-electron chi connectivity index (χ0n) is 9.05. The third-order valence-electron chi connectivity index (χ3n) is 2.13. The molecule has 0 fully saturated rings. The molecule has 0 saturated carbocycles. The Hall–Kier alpha value is -1.88. The average Bonchev–Trinajstić information content (AvgIpc) is 2.26. The van der Waals surface area contributed by atoms with Gasteiger partial charge in [-0.15, -0.1) is 0 Å². The van der Waals surface area contributed by atoms with Gasteiger partial charge in [-0.2, -0.15) is 10.2 Å². The maximum absolute atomic E-state index is 5.72. The normalized spacial score (nSPS) is 12.6. The second kappa shape index (κ2) is 4.32. The molecule has 0 bridgehead atoms. The molecule has 5 heteroatoms.